The summed E-state index contributed by atoms with van der Waals surface area (Å²) < 4.78 is 49.9. The molecule has 0 aliphatic carbocycles. The monoisotopic (exact) mass is 329 g/mol. The first-order valence-electron chi connectivity index (χ1n) is 7.70. The third-order valence-electron chi connectivity index (χ3n) is 4.22. The van der Waals surface area contributed by atoms with Gasteiger partial charge in [0.25, 0.3) is 0 Å². The highest BCUT2D eigenvalue weighted by Gasteiger charge is 2.39. The number of hydrogen-bond acceptors (Lipinski definition) is 3. The van der Waals surface area contributed by atoms with E-state index < -0.39 is 11.7 Å². The van der Waals surface area contributed by atoms with E-state index in [0.717, 1.165) is 12.5 Å². The maximum absolute atomic E-state index is 13.1. The number of fused-ring (bicyclic) bond motifs is 1. The van der Waals surface area contributed by atoms with Gasteiger partial charge in [0.1, 0.15) is 6.61 Å². The van der Waals surface area contributed by atoms with Crippen molar-refractivity contribution < 1.29 is 27.4 Å². The zero-order valence-corrected chi connectivity index (χ0v) is 12.6. The Morgan fingerprint density at radius 2 is 2.00 bits per heavy atom. The van der Waals surface area contributed by atoms with E-state index in [2.05, 4.69) is 0 Å². The molecule has 0 N–H and O–H groups in total. The molecule has 126 valence electrons. The van der Waals surface area contributed by atoms with Crippen molar-refractivity contribution in [2.45, 2.75) is 25.4 Å². The molecule has 4 nitrogen and oxygen atoms in total. The predicted molar refractivity (Wildman–Crippen MR) is 77.5 cm³/mol. The molecular formula is C16H18F3NO3. The van der Waals surface area contributed by atoms with Gasteiger partial charge < -0.3 is 14.4 Å². The number of anilines is 1. The molecule has 23 heavy (non-hydrogen) atoms. The number of alkyl halides is 3. The van der Waals surface area contributed by atoms with Crippen molar-refractivity contribution in [3.8, 4) is 5.75 Å². The SMILES string of the molecule is O=C([C@H]1CCCOCC1)N1CCOc2c1cccc2C(F)(F)F. The molecule has 3 rings (SSSR count). The van der Waals surface area contributed by atoms with Crippen LogP contribution in [0.4, 0.5) is 18.9 Å². The van der Waals surface area contributed by atoms with Crippen molar-refractivity contribution in [1.82, 2.24) is 0 Å². The lowest BCUT2D eigenvalue weighted by atomic mass is 9.98. The molecular weight excluding hydrogens is 311 g/mol. The molecule has 0 spiro atoms. The van der Waals surface area contributed by atoms with E-state index in [0.29, 0.717) is 26.1 Å². The summed E-state index contributed by atoms with van der Waals surface area (Å²) in [5.74, 6) is -0.596. The van der Waals surface area contributed by atoms with Crippen molar-refractivity contribution in [3.63, 3.8) is 0 Å². The Balaban J connectivity index is 1.91. The molecule has 0 aromatic heterocycles. The number of ether oxygens (including phenoxy) is 2. The fourth-order valence-electron chi connectivity index (χ4n) is 3.07. The van der Waals surface area contributed by atoms with Crippen LogP contribution in [0.5, 0.6) is 5.75 Å². The molecule has 1 atom stereocenters. The predicted octanol–water partition coefficient (Wildman–Crippen LogP) is 3.25. The molecule has 0 unspecified atom stereocenters. The molecule has 2 aliphatic heterocycles. The van der Waals surface area contributed by atoms with Gasteiger partial charge in [-0.15, -0.1) is 0 Å². The molecule has 0 saturated carbocycles. The van der Waals surface area contributed by atoms with Gasteiger partial charge in [-0.2, -0.15) is 13.2 Å². The van der Waals surface area contributed by atoms with Gasteiger partial charge in [-0.05, 0) is 31.4 Å². The van der Waals surface area contributed by atoms with Crippen LogP contribution in [0.15, 0.2) is 18.2 Å². The van der Waals surface area contributed by atoms with Crippen LogP contribution in [0.25, 0.3) is 0 Å². The van der Waals surface area contributed by atoms with Crippen molar-refractivity contribution in [1.29, 1.82) is 0 Å². The Morgan fingerprint density at radius 3 is 2.78 bits per heavy atom. The molecule has 2 heterocycles. The van der Waals surface area contributed by atoms with E-state index in [1.165, 1.54) is 17.0 Å². The van der Waals surface area contributed by atoms with E-state index in [1.54, 1.807) is 0 Å². The van der Waals surface area contributed by atoms with Gasteiger partial charge in [-0.3, -0.25) is 4.79 Å². The van der Waals surface area contributed by atoms with Gasteiger partial charge in [0.05, 0.1) is 17.8 Å². The summed E-state index contributed by atoms with van der Waals surface area (Å²) in [5.41, 5.74) is -0.627. The zero-order chi connectivity index (χ0) is 16.4. The average molecular weight is 329 g/mol. The highest BCUT2D eigenvalue weighted by Crippen LogP contribution is 2.43. The highest BCUT2D eigenvalue weighted by atomic mass is 19.4. The lowest BCUT2D eigenvalue weighted by Crippen LogP contribution is -2.42. The van der Waals surface area contributed by atoms with Gasteiger partial charge in [0.2, 0.25) is 5.91 Å². The second kappa shape index (κ2) is 6.39. The molecule has 1 fully saturated rings. The molecule has 0 radical (unpaired) electrons. The van der Waals surface area contributed by atoms with E-state index in [-0.39, 0.29) is 36.4 Å². The summed E-state index contributed by atoms with van der Waals surface area (Å²) in [4.78, 5) is 14.2. The van der Waals surface area contributed by atoms with Crippen LogP contribution in [-0.4, -0.2) is 32.3 Å². The normalized spacial score (nSPS) is 22.0. The second-order valence-electron chi connectivity index (χ2n) is 5.73. The number of para-hydroxylation sites is 1. The van der Waals surface area contributed by atoms with E-state index >= 15 is 0 Å². The number of amides is 1. The van der Waals surface area contributed by atoms with Crippen LogP contribution in [0.1, 0.15) is 24.8 Å². The maximum atomic E-state index is 13.1. The lowest BCUT2D eigenvalue weighted by molar-refractivity contribution is -0.139. The summed E-state index contributed by atoms with van der Waals surface area (Å²) in [7, 11) is 0. The average Bonchev–Trinajstić information content (AvgIpc) is 2.81. The number of hydrogen-bond donors (Lipinski definition) is 0. The van der Waals surface area contributed by atoms with E-state index in [9.17, 15) is 18.0 Å². The van der Waals surface area contributed by atoms with Crippen LogP contribution in [0.2, 0.25) is 0 Å². The third kappa shape index (κ3) is 3.29. The minimum Gasteiger partial charge on any atom is -0.489 e. The Bertz CT molecular complexity index is 580. The van der Waals surface area contributed by atoms with E-state index in [1.807, 2.05) is 0 Å². The van der Waals surface area contributed by atoms with Gasteiger partial charge in [0, 0.05) is 19.1 Å². The van der Waals surface area contributed by atoms with Gasteiger partial charge in [-0.1, -0.05) is 6.07 Å². The summed E-state index contributed by atoms with van der Waals surface area (Å²) in [6.07, 6.45) is -2.42. The Kier molecular flexibility index (Phi) is 4.48. The van der Waals surface area contributed by atoms with Crippen LogP contribution >= 0.6 is 0 Å². The first-order chi connectivity index (χ1) is 11.0. The Labute approximate surface area is 132 Å². The van der Waals surface area contributed by atoms with Gasteiger partial charge in [-0.25, -0.2) is 0 Å². The summed E-state index contributed by atoms with van der Waals surface area (Å²) in [6, 6.07) is 3.80. The second-order valence-corrected chi connectivity index (χ2v) is 5.73. The molecule has 0 bridgehead atoms. The van der Waals surface area contributed by atoms with Crippen LogP contribution in [-0.2, 0) is 15.7 Å². The number of carbonyl (C=O) groups is 1. The van der Waals surface area contributed by atoms with Crippen LogP contribution < -0.4 is 9.64 Å². The Hall–Kier alpha value is -1.76. The van der Waals surface area contributed by atoms with Crippen LogP contribution in [0, 0.1) is 5.92 Å². The number of halogens is 3. The molecule has 1 aromatic rings. The third-order valence-corrected chi connectivity index (χ3v) is 4.22. The standard InChI is InChI=1S/C16H18F3NO3/c17-16(18,19)12-4-1-5-13-14(12)23-10-7-20(13)15(21)11-3-2-8-22-9-6-11/h1,4-5,11H,2-3,6-10H2/t11-/m0/s1. The van der Waals surface area contributed by atoms with Gasteiger partial charge >= 0.3 is 6.18 Å². The van der Waals surface area contributed by atoms with Crippen molar-refractivity contribution in [3.05, 3.63) is 23.8 Å². The lowest BCUT2D eigenvalue weighted by Gasteiger charge is -2.33. The summed E-state index contributed by atoms with van der Waals surface area (Å²) >= 11 is 0. The smallest absolute Gasteiger partial charge is 0.420 e. The first kappa shape index (κ1) is 16.1. The first-order valence-corrected chi connectivity index (χ1v) is 7.70. The molecule has 1 saturated heterocycles. The number of benzene rings is 1. The minimum absolute atomic E-state index is 0.0645. The van der Waals surface area contributed by atoms with Crippen molar-refractivity contribution in [2.24, 2.45) is 5.92 Å². The zero-order valence-electron chi connectivity index (χ0n) is 12.6. The summed E-state index contributed by atoms with van der Waals surface area (Å²) in [5, 5.41) is 0. The van der Waals surface area contributed by atoms with Crippen LogP contribution in [0.3, 0.4) is 0 Å². The number of rotatable bonds is 1. The highest BCUT2D eigenvalue weighted by molar-refractivity contribution is 5.97. The van der Waals surface area contributed by atoms with E-state index in [4.69, 9.17) is 9.47 Å². The maximum Gasteiger partial charge on any atom is 0.420 e. The minimum atomic E-state index is -4.51. The fourth-order valence-corrected chi connectivity index (χ4v) is 3.07. The topological polar surface area (TPSA) is 38.8 Å². The molecule has 1 amide bonds. The molecule has 2 aliphatic rings. The Morgan fingerprint density at radius 1 is 1.17 bits per heavy atom. The molecule has 1 aromatic carbocycles. The largest absolute Gasteiger partial charge is 0.489 e. The number of nitrogens with zero attached hydrogens (tertiary/aromatic N) is 1. The quantitative estimate of drug-likeness (QED) is 0.794. The summed E-state index contributed by atoms with van der Waals surface area (Å²) in [6.45, 7) is 1.47. The number of carbonyl (C=O) groups excluding carboxylic acids is 1. The van der Waals surface area contributed by atoms with Crippen molar-refractivity contribution in [2.75, 3.05) is 31.3 Å². The molecule has 7 heteroatoms. The fraction of sp³-hybridized carbons (Fsp3) is 0.562. The van der Waals surface area contributed by atoms with Gasteiger partial charge in [0.15, 0.2) is 5.75 Å². The van der Waals surface area contributed by atoms with Crippen molar-refractivity contribution >= 4 is 11.6 Å².